The van der Waals surface area contributed by atoms with Gasteiger partial charge in [0, 0.05) is 13.1 Å². The molecule has 6 nitrogen and oxygen atoms in total. The molecule has 0 saturated carbocycles. The SMILES string of the molecule is C[C@@H]1C[C@H](C)CN(C(=O)[C@H](CC(N)=O)NC(=O)c2ccccc2Cl)C1. The van der Waals surface area contributed by atoms with Crippen molar-refractivity contribution in [3.63, 3.8) is 0 Å². The lowest BCUT2D eigenvalue weighted by Gasteiger charge is -2.37. The Morgan fingerprint density at radius 3 is 2.40 bits per heavy atom. The third-order valence-electron chi connectivity index (χ3n) is 4.31. The number of nitrogens with one attached hydrogen (secondary N) is 1. The van der Waals surface area contributed by atoms with Gasteiger partial charge < -0.3 is 16.0 Å². The van der Waals surface area contributed by atoms with Crippen LogP contribution < -0.4 is 11.1 Å². The first-order valence-electron chi connectivity index (χ1n) is 8.40. The number of piperidine rings is 1. The Labute approximate surface area is 152 Å². The Balaban J connectivity index is 2.15. The highest BCUT2D eigenvalue weighted by molar-refractivity contribution is 6.33. The van der Waals surface area contributed by atoms with E-state index in [2.05, 4.69) is 19.2 Å². The maximum absolute atomic E-state index is 12.8. The van der Waals surface area contributed by atoms with Gasteiger partial charge in [0.05, 0.1) is 17.0 Å². The number of primary amides is 1. The molecule has 25 heavy (non-hydrogen) atoms. The Morgan fingerprint density at radius 1 is 1.24 bits per heavy atom. The minimum absolute atomic E-state index is 0.242. The standard InChI is InChI=1S/C18H24ClN3O3/c1-11-7-12(2)10-22(9-11)18(25)15(8-16(20)23)21-17(24)13-5-3-4-6-14(13)19/h3-6,11-12,15H,7-10H2,1-2H3,(H2,20,23)(H,21,24)/t11-,12+,15-/m0/s1. The topological polar surface area (TPSA) is 92.5 Å². The molecule has 0 bridgehead atoms. The number of carbonyl (C=O) groups excluding carboxylic acids is 3. The van der Waals surface area contributed by atoms with Crippen molar-refractivity contribution in [2.75, 3.05) is 13.1 Å². The van der Waals surface area contributed by atoms with E-state index < -0.39 is 17.9 Å². The molecule has 3 amide bonds. The summed E-state index contributed by atoms with van der Waals surface area (Å²) in [5.41, 5.74) is 5.53. The summed E-state index contributed by atoms with van der Waals surface area (Å²) < 4.78 is 0. The average Bonchev–Trinajstić information content (AvgIpc) is 2.52. The van der Waals surface area contributed by atoms with Crippen molar-refractivity contribution >= 4 is 29.3 Å². The highest BCUT2D eigenvalue weighted by Crippen LogP contribution is 2.22. The maximum atomic E-state index is 12.8. The van der Waals surface area contributed by atoms with E-state index in [0.717, 1.165) is 6.42 Å². The normalized spacial score (nSPS) is 21.5. The van der Waals surface area contributed by atoms with Gasteiger partial charge in [-0.2, -0.15) is 0 Å². The summed E-state index contributed by atoms with van der Waals surface area (Å²) in [6.45, 7) is 5.39. The molecule has 0 unspecified atom stereocenters. The number of likely N-dealkylation sites (tertiary alicyclic amines) is 1. The monoisotopic (exact) mass is 365 g/mol. The van der Waals surface area contributed by atoms with E-state index >= 15 is 0 Å². The lowest BCUT2D eigenvalue weighted by molar-refractivity contribution is -0.137. The Kier molecular flexibility index (Phi) is 6.42. The van der Waals surface area contributed by atoms with Gasteiger partial charge in [0.15, 0.2) is 0 Å². The summed E-state index contributed by atoms with van der Waals surface area (Å²) in [5, 5.41) is 2.90. The lowest BCUT2D eigenvalue weighted by Crippen LogP contribution is -2.53. The van der Waals surface area contributed by atoms with E-state index in [-0.39, 0.29) is 22.9 Å². The third kappa shape index (κ3) is 5.19. The third-order valence-corrected chi connectivity index (χ3v) is 4.64. The number of hydrogen-bond acceptors (Lipinski definition) is 3. The average molecular weight is 366 g/mol. The Morgan fingerprint density at radius 2 is 1.84 bits per heavy atom. The van der Waals surface area contributed by atoms with Crippen molar-refractivity contribution in [1.82, 2.24) is 10.2 Å². The van der Waals surface area contributed by atoms with Crippen LogP contribution in [0.3, 0.4) is 0 Å². The molecule has 1 fully saturated rings. The first-order chi connectivity index (χ1) is 11.8. The fourth-order valence-corrected chi connectivity index (χ4v) is 3.57. The predicted octanol–water partition coefficient (Wildman–Crippen LogP) is 1.82. The molecule has 0 spiro atoms. The molecule has 1 heterocycles. The molecule has 0 aromatic heterocycles. The smallest absolute Gasteiger partial charge is 0.253 e. The van der Waals surface area contributed by atoms with Gasteiger partial charge in [0.2, 0.25) is 11.8 Å². The second kappa shape index (κ2) is 8.34. The predicted molar refractivity (Wildman–Crippen MR) is 96.0 cm³/mol. The zero-order chi connectivity index (χ0) is 18.6. The summed E-state index contributed by atoms with van der Waals surface area (Å²) in [7, 11) is 0. The number of carbonyl (C=O) groups is 3. The van der Waals surface area contributed by atoms with Crippen molar-refractivity contribution in [3.8, 4) is 0 Å². The molecule has 1 aliphatic heterocycles. The van der Waals surface area contributed by atoms with Crippen molar-refractivity contribution < 1.29 is 14.4 Å². The zero-order valence-electron chi connectivity index (χ0n) is 14.5. The van der Waals surface area contributed by atoms with Crippen molar-refractivity contribution in [2.24, 2.45) is 17.6 Å². The summed E-state index contributed by atoms with van der Waals surface area (Å²) in [6, 6.07) is 5.56. The minimum Gasteiger partial charge on any atom is -0.370 e. The van der Waals surface area contributed by atoms with Crippen LogP contribution in [0, 0.1) is 11.8 Å². The van der Waals surface area contributed by atoms with E-state index in [1.54, 1.807) is 29.2 Å². The van der Waals surface area contributed by atoms with E-state index in [4.69, 9.17) is 17.3 Å². The molecule has 3 atom stereocenters. The van der Waals surface area contributed by atoms with Crippen LogP contribution in [0.2, 0.25) is 5.02 Å². The number of nitrogens with zero attached hydrogens (tertiary/aromatic N) is 1. The molecule has 3 N–H and O–H groups in total. The number of amides is 3. The van der Waals surface area contributed by atoms with Crippen LogP contribution in [0.15, 0.2) is 24.3 Å². The number of benzene rings is 1. The van der Waals surface area contributed by atoms with Gasteiger partial charge in [0.25, 0.3) is 5.91 Å². The molecule has 0 radical (unpaired) electrons. The highest BCUT2D eigenvalue weighted by atomic mass is 35.5. The van der Waals surface area contributed by atoms with E-state index in [1.807, 2.05) is 0 Å². The van der Waals surface area contributed by atoms with Crippen molar-refractivity contribution in [2.45, 2.75) is 32.7 Å². The molecule has 2 rings (SSSR count). The van der Waals surface area contributed by atoms with Gasteiger partial charge in [-0.05, 0) is 30.4 Å². The summed E-state index contributed by atoms with van der Waals surface area (Å²) in [4.78, 5) is 38.4. The van der Waals surface area contributed by atoms with E-state index in [0.29, 0.717) is 24.9 Å². The van der Waals surface area contributed by atoms with Crippen LogP contribution in [0.1, 0.15) is 37.0 Å². The van der Waals surface area contributed by atoms with Gasteiger partial charge in [-0.25, -0.2) is 0 Å². The summed E-state index contributed by atoms with van der Waals surface area (Å²) in [5.74, 6) is -0.667. The zero-order valence-corrected chi connectivity index (χ0v) is 15.3. The Bertz CT molecular complexity index is 655. The molecule has 7 heteroatoms. The highest BCUT2D eigenvalue weighted by Gasteiger charge is 2.32. The second-order valence-corrected chi connectivity index (χ2v) is 7.27. The number of hydrogen-bond donors (Lipinski definition) is 2. The van der Waals surface area contributed by atoms with Crippen LogP contribution in [0.5, 0.6) is 0 Å². The first-order valence-corrected chi connectivity index (χ1v) is 8.78. The quantitative estimate of drug-likeness (QED) is 0.833. The molecule has 1 aliphatic rings. The number of nitrogens with two attached hydrogens (primary N) is 1. The fourth-order valence-electron chi connectivity index (χ4n) is 3.35. The van der Waals surface area contributed by atoms with Crippen LogP contribution in [0.25, 0.3) is 0 Å². The number of halogens is 1. The van der Waals surface area contributed by atoms with Gasteiger partial charge in [-0.15, -0.1) is 0 Å². The van der Waals surface area contributed by atoms with Gasteiger partial charge in [-0.1, -0.05) is 37.6 Å². The van der Waals surface area contributed by atoms with E-state index in [9.17, 15) is 14.4 Å². The molecule has 1 aromatic rings. The Hall–Kier alpha value is -2.08. The van der Waals surface area contributed by atoms with Crippen molar-refractivity contribution in [1.29, 1.82) is 0 Å². The molecular weight excluding hydrogens is 342 g/mol. The van der Waals surface area contributed by atoms with Crippen LogP contribution in [0.4, 0.5) is 0 Å². The number of rotatable bonds is 5. The molecular formula is C18H24ClN3O3. The molecule has 136 valence electrons. The van der Waals surface area contributed by atoms with Crippen LogP contribution in [-0.4, -0.2) is 41.8 Å². The minimum atomic E-state index is -0.987. The van der Waals surface area contributed by atoms with E-state index in [1.165, 1.54) is 0 Å². The van der Waals surface area contributed by atoms with Gasteiger partial charge >= 0.3 is 0 Å². The largest absolute Gasteiger partial charge is 0.370 e. The summed E-state index contributed by atoms with van der Waals surface area (Å²) in [6.07, 6.45) is 0.810. The lowest BCUT2D eigenvalue weighted by atomic mass is 9.91. The first kappa shape index (κ1) is 19.2. The van der Waals surface area contributed by atoms with Crippen molar-refractivity contribution in [3.05, 3.63) is 34.9 Å². The fraction of sp³-hybridized carbons (Fsp3) is 0.500. The molecule has 1 saturated heterocycles. The van der Waals surface area contributed by atoms with Gasteiger partial charge in [-0.3, -0.25) is 14.4 Å². The van der Waals surface area contributed by atoms with Gasteiger partial charge in [0.1, 0.15) is 6.04 Å². The molecule has 0 aliphatic carbocycles. The maximum Gasteiger partial charge on any atom is 0.253 e. The summed E-state index contributed by atoms with van der Waals surface area (Å²) >= 11 is 6.03. The molecule has 1 aromatic carbocycles. The second-order valence-electron chi connectivity index (χ2n) is 6.87. The van der Waals surface area contributed by atoms with Crippen LogP contribution >= 0.6 is 11.6 Å². The van der Waals surface area contributed by atoms with Crippen LogP contribution in [-0.2, 0) is 9.59 Å².